The lowest BCUT2D eigenvalue weighted by Crippen LogP contribution is -2.81. The van der Waals surface area contributed by atoms with Crippen molar-refractivity contribution in [1.82, 2.24) is 5.32 Å². The lowest BCUT2D eigenvalue weighted by molar-refractivity contribution is -0.178. The highest BCUT2D eigenvalue weighted by molar-refractivity contribution is 5.94. The Kier molecular flexibility index (Phi) is 3.10. The summed E-state index contributed by atoms with van der Waals surface area (Å²) in [6.45, 7) is 4.70. The smallest absolute Gasteiger partial charge is 0.331 e. The maximum atomic E-state index is 12.8. The number of ether oxygens (including phenoxy) is 2. The number of carbonyl (C=O) groups is 2. The second kappa shape index (κ2) is 4.41. The van der Waals surface area contributed by atoms with Crippen molar-refractivity contribution in [3.05, 3.63) is 0 Å². The number of carboxylic acids is 1. The molecule has 7 nitrogen and oxygen atoms in total. The van der Waals surface area contributed by atoms with E-state index in [4.69, 9.17) is 15.2 Å². The molecule has 3 aliphatic rings. The fourth-order valence-electron chi connectivity index (χ4n) is 4.05. The van der Waals surface area contributed by atoms with Crippen molar-refractivity contribution in [3.63, 3.8) is 0 Å². The molecule has 0 aromatic rings. The van der Waals surface area contributed by atoms with E-state index in [0.29, 0.717) is 13.2 Å². The number of aliphatic carboxylic acids is 1. The van der Waals surface area contributed by atoms with Gasteiger partial charge in [-0.3, -0.25) is 4.79 Å². The zero-order chi connectivity index (χ0) is 15.5. The molecule has 0 aromatic carbocycles. The van der Waals surface area contributed by atoms with Crippen molar-refractivity contribution in [1.29, 1.82) is 0 Å². The van der Waals surface area contributed by atoms with Gasteiger partial charge in [-0.15, -0.1) is 0 Å². The lowest BCUT2D eigenvalue weighted by Gasteiger charge is -2.61. The maximum absolute atomic E-state index is 12.8. The second-order valence-corrected chi connectivity index (χ2v) is 6.92. The predicted octanol–water partition coefficient (Wildman–Crippen LogP) is -0.511. The SMILES string of the molecule is CC1(C)C2OCCC2C1(N)C(=O)NC1(C(=O)O)CCOC1. The summed E-state index contributed by atoms with van der Waals surface area (Å²) >= 11 is 0. The van der Waals surface area contributed by atoms with Crippen LogP contribution in [0.25, 0.3) is 0 Å². The summed E-state index contributed by atoms with van der Waals surface area (Å²) in [5, 5.41) is 12.1. The molecule has 4 atom stereocenters. The van der Waals surface area contributed by atoms with Gasteiger partial charge in [-0.05, 0) is 6.42 Å². The van der Waals surface area contributed by atoms with E-state index in [9.17, 15) is 14.7 Å². The van der Waals surface area contributed by atoms with Crippen LogP contribution >= 0.6 is 0 Å². The van der Waals surface area contributed by atoms with Crippen LogP contribution in [-0.4, -0.2) is 54.0 Å². The summed E-state index contributed by atoms with van der Waals surface area (Å²) in [7, 11) is 0. The van der Waals surface area contributed by atoms with Crippen LogP contribution in [0.15, 0.2) is 0 Å². The van der Waals surface area contributed by atoms with E-state index >= 15 is 0 Å². The Hall–Kier alpha value is -1.18. The molecule has 118 valence electrons. The number of carboxylic acid groups (broad SMARTS) is 1. The van der Waals surface area contributed by atoms with Gasteiger partial charge in [0.15, 0.2) is 5.54 Å². The van der Waals surface area contributed by atoms with Gasteiger partial charge in [0.1, 0.15) is 5.54 Å². The summed E-state index contributed by atoms with van der Waals surface area (Å²) in [4.78, 5) is 24.3. The highest BCUT2D eigenvalue weighted by atomic mass is 16.5. The van der Waals surface area contributed by atoms with Crippen LogP contribution in [0.4, 0.5) is 0 Å². The maximum Gasteiger partial charge on any atom is 0.331 e. The molecule has 0 bridgehead atoms. The number of nitrogens with one attached hydrogen (secondary N) is 1. The largest absolute Gasteiger partial charge is 0.479 e. The van der Waals surface area contributed by atoms with E-state index in [0.717, 1.165) is 6.42 Å². The number of amides is 1. The van der Waals surface area contributed by atoms with E-state index in [1.807, 2.05) is 13.8 Å². The minimum atomic E-state index is -1.36. The first-order chi connectivity index (χ1) is 9.76. The molecule has 7 heteroatoms. The van der Waals surface area contributed by atoms with Crippen LogP contribution in [0.5, 0.6) is 0 Å². The second-order valence-electron chi connectivity index (χ2n) is 6.92. The van der Waals surface area contributed by atoms with Crippen molar-refractivity contribution in [2.45, 2.75) is 43.9 Å². The standard InChI is InChI=1S/C14H22N2O5/c1-12(2)9-8(3-5-21-9)14(12,15)10(17)16-13(11(18)19)4-6-20-7-13/h8-9H,3-7,15H2,1-2H3,(H,16,17)(H,18,19). The molecule has 0 aromatic heterocycles. The van der Waals surface area contributed by atoms with Gasteiger partial charge in [-0.1, -0.05) is 13.8 Å². The van der Waals surface area contributed by atoms with Crippen LogP contribution in [0, 0.1) is 11.3 Å². The summed E-state index contributed by atoms with van der Waals surface area (Å²) in [5.74, 6) is -1.54. The third-order valence-electron chi connectivity index (χ3n) is 5.61. The molecule has 1 saturated carbocycles. The highest BCUT2D eigenvalue weighted by Crippen LogP contribution is 2.58. The number of rotatable bonds is 3. The van der Waals surface area contributed by atoms with Gasteiger partial charge in [0.05, 0.1) is 12.7 Å². The molecule has 2 heterocycles. The minimum absolute atomic E-state index is 0.0187. The Bertz CT molecular complexity index is 486. The zero-order valence-corrected chi connectivity index (χ0v) is 12.3. The normalized spacial score (nSPS) is 44.0. The molecular formula is C14H22N2O5. The molecule has 2 aliphatic heterocycles. The zero-order valence-electron chi connectivity index (χ0n) is 12.3. The molecule has 3 rings (SSSR count). The average Bonchev–Trinajstić information content (AvgIpc) is 3.06. The predicted molar refractivity (Wildman–Crippen MR) is 72.5 cm³/mol. The minimum Gasteiger partial charge on any atom is -0.479 e. The van der Waals surface area contributed by atoms with Gasteiger partial charge < -0.3 is 25.6 Å². The van der Waals surface area contributed by atoms with E-state index in [1.165, 1.54) is 0 Å². The molecular weight excluding hydrogens is 276 g/mol. The van der Waals surface area contributed by atoms with E-state index in [-0.39, 0.29) is 25.0 Å². The Morgan fingerprint density at radius 3 is 2.62 bits per heavy atom. The van der Waals surface area contributed by atoms with Crippen molar-refractivity contribution >= 4 is 11.9 Å². The molecule has 4 unspecified atom stereocenters. The van der Waals surface area contributed by atoms with E-state index < -0.39 is 28.4 Å². The van der Waals surface area contributed by atoms with Gasteiger partial charge in [-0.2, -0.15) is 0 Å². The van der Waals surface area contributed by atoms with Gasteiger partial charge in [0.2, 0.25) is 5.91 Å². The number of hydrogen-bond donors (Lipinski definition) is 3. The Balaban J connectivity index is 1.83. The van der Waals surface area contributed by atoms with Crippen LogP contribution in [0.1, 0.15) is 26.7 Å². The Labute approximate surface area is 123 Å². The summed E-state index contributed by atoms with van der Waals surface area (Å²) < 4.78 is 10.8. The topological polar surface area (TPSA) is 111 Å². The third kappa shape index (κ3) is 1.71. The summed E-state index contributed by atoms with van der Waals surface area (Å²) in [6.07, 6.45) is 0.956. The van der Waals surface area contributed by atoms with Crippen LogP contribution < -0.4 is 11.1 Å². The summed E-state index contributed by atoms with van der Waals surface area (Å²) in [6, 6.07) is 0. The molecule has 0 radical (unpaired) electrons. The van der Waals surface area contributed by atoms with Gasteiger partial charge in [0.25, 0.3) is 0 Å². The molecule has 4 N–H and O–H groups in total. The van der Waals surface area contributed by atoms with Crippen LogP contribution in [0.3, 0.4) is 0 Å². The quantitative estimate of drug-likeness (QED) is 0.647. The van der Waals surface area contributed by atoms with Crippen LogP contribution in [-0.2, 0) is 19.1 Å². The van der Waals surface area contributed by atoms with Crippen molar-refractivity contribution in [2.24, 2.45) is 17.1 Å². The fraction of sp³-hybridized carbons (Fsp3) is 0.857. The lowest BCUT2D eigenvalue weighted by atomic mass is 9.47. The summed E-state index contributed by atoms with van der Waals surface area (Å²) in [5.41, 5.74) is 3.45. The van der Waals surface area contributed by atoms with Gasteiger partial charge in [-0.25, -0.2) is 4.79 Å². The molecule has 0 spiro atoms. The molecule has 1 amide bonds. The van der Waals surface area contributed by atoms with Crippen molar-refractivity contribution in [3.8, 4) is 0 Å². The highest BCUT2D eigenvalue weighted by Gasteiger charge is 2.72. The molecule has 1 aliphatic carbocycles. The van der Waals surface area contributed by atoms with Crippen molar-refractivity contribution < 1.29 is 24.2 Å². The monoisotopic (exact) mass is 298 g/mol. The number of nitrogens with two attached hydrogens (primary N) is 1. The van der Waals surface area contributed by atoms with E-state index in [2.05, 4.69) is 5.32 Å². The molecule has 2 saturated heterocycles. The average molecular weight is 298 g/mol. The fourth-order valence-corrected chi connectivity index (χ4v) is 4.05. The number of carbonyl (C=O) groups excluding carboxylic acids is 1. The molecule has 21 heavy (non-hydrogen) atoms. The van der Waals surface area contributed by atoms with Crippen LogP contribution in [0.2, 0.25) is 0 Å². The molecule has 3 fully saturated rings. The number of fused-ring (bicyclic) bond motifs is 1. The third-order valence-corrected chi connectivity index (χ3v) is 5.61. The number of hydrogen-bond acceptors (Lipinski definition) is 5. The first kappa shape index (κ1) is 14.7. The Morgan fingerprint density at radius 2 is 2.05 bits per heavy atom. The van der Waals surface area contributed by atoms with Crippen molar-refractivity contribution in [2.75, 3.05) is 19.8 Å². The first-order valence-corrected chi connectivity index (χ1v) is 7.30. The Morgan fingerprint density at radius 1 is 1.33 bits per heavy atom. The van der Waals surface area contributed by atoms with Gasteiger partial charge in [0, 0.05) is 31.0 Å². The first-order valence-electron chi connectivity index (χ1n) is 7.30. The van der Waals surface area contributed by atoms with Gasteiger partial charge >= 0.3 is 5.97 Å². The van der Waals surface area contributed by atoms with E-state index in [1.54, 1.807) is 0 Å².